The molecule has 2 fully saturated rings. The standard InChI is InChI=1S/C14H24N4O/c1-18-11-16-13(17-18)5-9-15-10-12-4-8-14(19-12)6-2-3-7-14/h11-12,15H,2-10H2,1H3. The maximum Gasteiger partial charge on any atom is 0.151 e. The Hall–Kier alpha value is -0.940. The molecule has 1 aliphatic heterocycles. The Morgan fingerprint density at radius 3 is 3.00 bits per heavy atom. The molecule has 0 amide bonds. The highest BCUT2D eigenvalue weighted by Gasteiger charge is 2.41. The second kappa shape index (κ2) is 5.59. The van der Waals surface area contributed by atoms with Crippen LogP contribution in [0, 0.1) is 0 Å². The first-order valence-corrected chi connectivity index (χ1v) is 7.49. The maximum atomic E-state index is 6.27. The molecule has 1 unspecified atom stereocenters. The summed E-state index contributed by atoms with van der Waals surface area (Å²) in [5.41, 5.74) is 0.259. The van der Waals surface area contributed by atoms with Gasteiger partial charge in [0.25, 0.3) is 0 Å². The second-order valence-electron chi connectivity index (χ2n) is 5.96. The van der Waals surface area contributed by atoms with E-state index in [0.29, 0.717) is 6.10 Å². The number of nitrogens with zero attached hydrogens (tertiary/aromatic N) is 3. The van der Waals surface area contributed by atoms with Gasteiger partial charge in [-0.25, -0.2) is 4.98 Å². The normalized spacial score (nSPS) is 25.4. The van der Waals surface area contributed by atoms with Gasteiger partial charge < -0.3 is 10.1 Å². The Balaban J connectivity index is 1.35. The molecule has 1 atom stereocenters. The summed E-state index contributed by atoms with van der Waals surface area (Å²) in [6, 6.07) is 0. The topological polar surface area (TPSA) is 52.0 Å². The van der Waals surface area contributed by atoms with E-state index in [0.717, 1.165) is 25.3 Å². The van der Waals surface area contributed by atoms with Crippen LogP contribution in [0.3, 0.4) is 0 Å². The zero-order chi connectivity index (χ0) is 13.1. The molecule has 1 N–H and O–H groups in total. The number of nitrogens with one attached hydrogen (secondary N) is 1. The molecule has 1 aromatic rings. The van der Waals surface area contributed by atoms with E-state index < -0.39 is 0 Å². The van der Waals surface area contributed by atoms with Crippen molar-refractivity contribution < 1.29 is 4.74 Å². The lowest BCUT2D eigenvalue weighted by atomic mass is 9.98. The summed E-state index contributed by atoms with van der Waals surface area (Å²) in [7, 11) is 1.90. The van der Waals surface area contributed by atoms with Crippen LogP contribution < -0.4 is 5.32 Å². The van der Waals surface area contributed by atoms with Gasteiger partial charge in [0.2, 0.25) is 0 Å². The first-order chi connectivity index (χ1) is 9.26. The Morgan fingerprint density at radius 1 is 1.42 bits per heavy atom. The van der Waals surface area contributed by atoms with Gasteiger partial charge >= 0.3 is 0 Å². The van der Waals surface area contributed by atoms with Gasteiger partial charge in [0, 0.05) is 26.6 Å². The predicted octanol–water partition coefficient (Wildman–Crippen LogP) is 1.44. The minimum absolute atomic E-state index is 0.259. The lowest BCUT2D eigenvalue weighted by Gasteiger charge is -2.23. The van der Waals surface area contributed by atoms with Crippen molar-refractivity contribution in [3.63, 3.8) is 0 Å². The van der Waals surface area contributed by atoms with E-state index in [1.54, 1.807) is 11.0 Å². The molecule has 1 aliphatic carbocycles. The monoisotopic (exact) mass is 264 g/mol. The number of aromatic nitrogens is 3. The summed E-state index contributed by atoms with van der Waals surface area (Å²) in [6.45, 7) is 1.89. The maximum absolute atomic E-state index is 6.27. The third-order valence-corrected chi connectivity index (χ3v) is 4.40. The van der Waals surface area contributed by atoms with E-state index in [4.69, 9.17) is 4.74 Å². The van der Waals surface area contributed by atoms with Crippen molar-refractivity contribution in [2.45, 2.75) is 56.7 Å². The Bertz CT molecular complexity index is 411. The molecule has 0 radical (unpaired) electrons. The van der Waals surface area contributed by atoms with Crippen molar-refractivity contribution >= 4 is 0 Å². The van der Waals surface area contributed by atoms with Crippen LogP contribution in [0.2, 0.25) is 0 Å². The van der Waals surface area contributed by atoms with Crippen LogP contribution >= 0.6 is 0 Å². The summed E-state index contributed by atoms with van der Waals surface area (Å²) in [4.78, 5) is 4.22. The number of hydrogen-bond acceptors (Lipinski definition) is 4. The van der Waals surface area contributed by atoms with Crippen molar-refractivity contribution in [3.05, 3.63) is 12.2 Å². The minimum atomic E-state index is 0.259. The van der Waals surface area contributed by atoms with E-state index in [1.165, 1.54) is 38.5 Å². The molecule has 0 bridgehead atoms. The molecule has 0 aromatic carbocycles. The Kier molecular flexibility index (Phi) is 3.84. The summed E-state index contributed by atoms with van der Waals surface area (Å²) in [5.74, 6) is 0.912. The van der Waals surface area contributed by atoms with Gasteiger partial charge in [-0.1, -0.05) is 12.8 Å². The smallest absolute Gasteiger partial charge is 0.151 e. The largest absolute Gasteiger partial charge is 0.370 e. The number of hydrogen-bond donors (Lipinski definition) is 1. The van der Waals surface area contributed by atoms with Gasteiger partial charge in [-0.15, -0.1) is 0 Å². The fraction of sp³-hybridized carbons (Fsp3) is 0.857. The van der Waals surface area contributed by atoms with Gasteiger partial charge in [-0.3, -0.25) is 4.68 Å². The average molecular weight is 264 g/mol. The Labute approximate surface area is 114 Å². The molecule has 1 saturated heterocycles. The molecular weight excluding hydrogens is 240 g/mol. The summed E-state index contributed by atoms with van der Waals surface area (Å²) in [6.07, 6.45) is 10.8. The third-order valence-electron chi connectivity index (χ3n) is 4.40. The third kappa shape index (κ3) is 3.15. The van der Waals surface area contributed by atoms with Crippen molar-refractivity contribution in [1.29, 1.82) is 0 Å². The quantitative estimate of drug-likeness (QED) is 0.818. The molecule has 5 heteroatoms. The van der Waals surface area contributed by atoms with Gasteiger partial charge in [-0.05, 0) is 25.7 Å². The molecule has 3 rings (SSSR count). The Morgan fingerprint density at radius 2 is 2.26 bits per heavy atom. The zero-order valence-corrected chi connectivity index (χ0v) is 11.8. The van der Waals surface area contributed by atoms with Crippen LogP contribution in [0.1, 0.15) is 44.3 Å². The predicted molar refractivity (Wildman–Crippen MR) is 72.9 cm³/mol. The number of aryl methyl sites for hydroxylation is 1. The van der Waals surface area contributed by atoms with E-state index >= 15 is 0 Å². The van der Waals surface area contributed by atoms with Crippen LogP contribution in [0.4, 0.5) is 0 Å². The summed E-state index contributed by atoms with van der Waals surface area (Å²) < 4.78 is 8.02. The molecule has 106 valence electrons. The van der Waals surface area contributed by atoms with Crippen LogP contribution in [0.15, 0.2) is 6.33 Å². The average Bonchev–Trinajstić information content (AvgIpc) is 3.10. The molecule has 1 spiro atoms. The van der Waals surface area contributed by atoms with Crippen LogP contribution in [0.25, 0.3) is 0 Å². The highest BCUT2D eigenvalue weighted by molar-refractivity contribution is 4.93. The van der Waals surface area contributed by atoms with E-state index in [2.05, 4.69) is 15.4 Å². The molecule has 2 aliphatic rings. The first kappa shape index (κ1) is 13.1. The van der Waals surface area contributed by atoms with Crippen LogP contribution in [-0.2, 0) is 18.2 Å². The fourth-order valence-electron chi connectivity index (χ4n) is 3.39. The lowest BCUT2D eigenvalue weighted by molar-refractivity contribution is -0.0350. The van der Waals surface area contributed by atoms with Crippen LogP contribution in [-0.4, -0.2) is 39.6 Å². The zero-order valence-electron chi connectivity index (χ0n) is 11.8. The molecule has 5 nitrogen and oxygen atoms in total. The molecule has 1 aromatic heterocycles. The van der Waals surface area contributed by atoms with E-state index in [9.17, 15) is 0 Å². The highest BCUT2D eigenvalue weighted by atomic mass is 16.5. The van der Waals surface area contributed by atoms with Gasteiger partial charge in [0.15, 0.2) is 5.82 Å². The fourth-order valence-corrected chi connectivity index (χ4v) is 3.39. The van der Waals surface area contributed by atoms with Gasteiger partial charge in [-0.2, -0.15) is 5.10 Å². The van der Waals surface area contributed by atoms with E-state index in [1.807, 2.05) is 7.05 Å². The number of ether oxygens (including phenoxy) is 1. The number of rotatable bonds is 5. The van der Waals surface area contributed by atoms with Crippen molar-refractivity contribution in [2.75, 3.05) is 13.1 Å². The lowest BCUT2D eigenvalue weighted by Crippen LogP contribution is -2.32. The molecular formula is C14H24N4O. The SMILES string of the molecule is Cn1cnc(CCNCC2CCC3(CCCC3)O2)n1. The van der Waals surface area contributed by atoms with Crippen LogP contribution in [0.5, 0.6) is 0 Å². The minimum Gasteiger partial charge on any atom is -0.370 e. The van der Waals surface area contributed by atoms with Gasteiger partial charge in [0.05, 0.1) is 11.7 Å². The highest BCUT2D eigenvalue weighted by Crippen LogP contribution is 2.43. The summed E-state index contributed by atoms with van der Waals surface area (Å²) >= 11 is 0. The van der Waals surface area contributed by atoms with Gasteiger partial charge in [0.1, 0.15) is 6.33 Å². The van der Waals surface area contributed by atoms with Crippen molar-refractivity contribution in [1.82, 2.24) is 20.1 Å². The van der Waals surface area contributed by atoms with Crippen molar-refractivity contribution in [3.8, 4) is 0 Å². The van der Waals surface area contributed by atoms with E-state index in [-0.39, 0.29) is 5.60 Å². The summed E-state index contributed by atoms with van der Waals surface area (Å²) in [5, 5.41) is 7.75. The second-order valence-corrected chi connectivity index (χ2v) is 5.96. The molecule has 1 saturated carbocycles. The van der Waals surface area contributed by atoms with Crippen molar-refractivity contribution in [2.24, 2.45) is 7.05 Å². The molecule has 19 heavy (non-hydrogen) atoms. The molecule has 2 heterocycles. The first-order valence-electron chi connectivity index (χ1n) is 7.49.